The molecule has 0 heterocycles. The van der Waals surface area contributed by atoms with Crippen molar-refractivity contribution in [3.63, 3.8) is 0 Å². The first kappa shape index (κ1) is 16.8. The van der Waals surface area contributed by atoms with E-state index < -0.39 is 0 Å². The van der Waals surface area contributed by atoms with Crippen molar-refractivity contribution in [3.05, 3.63) is 72.8 Å². The lowest BCUT2D eigenvalue weighted by molar-refractivity contribution is 0.865. The van der Waals surface area contributed by atoms with Gasteiger partial charge < -0.3 is 4.90 Å². The van der Waals surface area contributed by atoms with Gasteiger partial charge in [0, 0.05) is 24.3 Å². The zero-order valence-electron chi connectivity index (χ0n) is 14.0. The van der Waals surface area contributed by atoms with Crippen LogP contribution in [0.25, 0.3) is 0 Å². The molecule has 0 aliphatic carbocycles. The molecule has 23 heavy (non-hydrogen) atoms. The molecule has 0 aliphatic heterocycles. The molecule has 0 spiro atoms. The highest BCUT2D eigenvalue weighted by Crippen LogP contribution is 2.19. The Morgan fingerprint density at radius 3 is 2.26 bits per heavy atom. The standard InChI is InChI=1S/C20H25N3/c1-4-16-23(19-13-8-7-9-14-19)21-17-18-12-10-11-15-20(18)22(5-2)6-3/h4,7-15,17H,1,5-6,16H2,2-3H3. The van der Waals surface area contributed by atoms with E-state index >= 15 is 0 Å². The van der Waals surface area contributed by atoms with Gasteiger partial charge in [-0.3, -0.25) is 5.01 Å². The molecular formula is C20H25N3. The minimum atomic E-state index is 0.675. The second kappa shape index (κ2) is 8.79. The van der Waals surface area contributed by atoms with Gasteiger partial charge in [0.2, 0.25) is 0 Å². The van der Waals surface area contributed by atoms with E-state index in [1.807, 2.05) is 35.5 Å². The molecule has 2 aromatic rings. The minimum Gasteiger partial charge on any atom is -0.372 e. The lowest BCUT2D eigenvalue weighted by Gasteiger charge is -2.23. The van der Waals surface area contributed by atoms with Crippen LogP contribution in [0.2, 0.25) is 0 Å². The van der Waals surface area contributed by atoms with Crippen LogP contribution in [0.1, 0.15) is 19.4 Å². The summed E-state index contributed by atoms with van der Waals surface area (Å²) in [6.45, 7) is 10.8. The van der Waals surface area contributed by atoms with Crippen molar-refractivity contribution < 1.29 is 0 Å². The lowest BCUT2D eigenvalue weighted by Crippen LogP contribution is -2.23. The van der Waals surface area contributed by atoms with Gasteiger partial charge in [-0.05, 0) is 32.0 Å². The Morgan fingerprint density at radius 1 is 0.957 bits per heavy atom. The molecule has 0 saturated carbocycles. The summed E-state index contributed by atoms with van der Waals surface area (Å²) in [5.41, 5.74) is 3.40. The van der Waals surface area contributed by atoms with Crippen LogP contribution >= 0.6 is 0 Å². The number of nitrogens with zero attached hydrogens (tertiary/aromatic N) is 3. The molecule has 0 fully saturated rings. The van der Waals surface area contributed by atoms with E-state index in [4.69, 9.17) is 0 Å². The number of hydrogen-bond acceptors (Lipinski definition) is 3. The van der Waals surface area contributed by atoms with Crippen LogP contribution in [0.5, 0.6) is 0 Å². The van der Waals surface area contributed by atoms with Crippen molar-refractivity contribution in [1.82, 2.24) is 0 Å². The summed E-state index contributed by atoms with van der Waals surface area (Å²) in [5.74, 6) is 0. The molecular weight excluding hydrogens is 282 g/mol. The molecule has 0 atom stereocenters. The predicted molar refractivity (Wildman–Crippen MR) is 102 cm³/mol. The van der Waals surface area contributed by atoms with E-state index in [-0.39, 0.29) is 0 Å². The van der Waals surface area contributed by atoms with Crippen LogP contribution in [0.4, 0.5) is 11.4 Å². The summed E-state index contributed by atoms with van der Waals surface area (Å²) in [7, 11) is 0. The largest absolute Gasteiger partial charge is 0.372 e. The van der Waals surface area contributed by atoms with Gasteiger partial charge in [0.1, 0.15) is 0 Å². The van der Waals surface area contributed by atoms with E-state index in [0.29, 0.717) is 6.54 Å². The van der Waals surface area contributed by atoms with Crippen LogP contribution in [-0.4, -0.2) is 25.8 Å². The lowest BCUT2D eigenvalue weighted by atomic mass is 10.1. The highest BCUT2D eigenvalue weighted by Gasteiger charge is 2.07. The third-order valence-corrected chi connectivity index (χ3v) is 3.73. The van der Waals surface area contributed by atoms with E-state index in [2.05, 4.69) is 66.8 Å². The molecule has 2 rings (SSSR count). The molecule has 3 heteroatoms. The van der Waals surface area contributed by atoms with E-state index in [1.165, 1.54) is 5.69 Å². The molecule has 0 aromatic heterocycles. The van der Waals surface area contributed by atoms with Gasteiger partial charge in [-0.15, -0.1) is 6.58 Å². The second-order valence-electron chi connectivity index (χ2n) is 5.18. The number of hydrogen-bond donors (Lipinski definition) is 0. The first-order chi connectivity index (χ1) is 11.3. The molecule has 0 aliphatic rings. The summed E-state index contributed by atoms with van der Waals surface area (Å²) in [6, 6.07) is 18.5. The Labute approximate surface area is 139 Å². The average Bonchev–Trinajstić information content (AvgIpc) is 2.61. The molecule has 3 nitrogen and oxygen atoms in total. The number of rotatable bonds is 8. The van der Waals surface area contributed by atoms with E-state index in [9.17, 15) is 0 Å². The first-order valence-corrected chi connectivity index (χ1v) is 8.11. The van der Waals surface area contributed by atoms with Crippen molar-refractivity contribution in [3.8, 4) is 0 Å². The van der Waals surface area contributed by atoms with Crippen LogP contribution in [0, 0.1) is 0 Å². The maximum atomic E-state index is 4.68. The maximum absolute atomic E-state index is 4.68. The van der Waals surface area contributed by atoms with Gasteiger partial charge >= 0.3 is 0 Å². The zero-order chi connectivity index (χ0) is 16.5. The summed E-state index contributed by atoms with van der Waals surface area (Å²) < 4.78 is 0. The van der Waals surface area contributed by atoms with Crippen LogP contribution in [-0.2, 0) is 0 Å². The number of anilines is 2. The van der Waals surface area contributed by atoms with Crippen LogP contribution in [0.15, 0.2) is 72.4 Å². The molecule has 2 aromatic carbocycles. The Hall–Kier alpha value is -2.55. The predicted octanol–water partition coefficient (Wildman–Crippen LogP) is 4.56. The molecule has 0 saturated heterocycles. The highest BCUT2D eigenvalue weighted by molar-refractivity contribution is 5.88. The van der Waals surface area contributed by atoms with Gasteiger partial charge in [0.15, 0.2) is 0 Å². The van der Waals surface area contributed by atoms with Crippen molar-refractivity contribution >= 4 is 17.6 Å². The maximum Gasteiger partial charge on any atom is 0.0597 e. The third-order valence-electron chi connectivity index (χ3n) is 3.73. The minimum absolute atomic E-state index is 0.675. The first-order valence-electron chi connectivity index (χ1n) is 8.11. The van der Waals surface area contributed by atoms with Gasteiger partial charge in [0.05, 0.1) is 18.4 Å². The van der Waals surface area contributed by atoms with E-state index in [1.54, 1.807) is 0 Å². The monoisotopic (exact) mass is 307 g/mol. The molecule has 0 N–H and O–H groups in total. The average molecular weight is 307 g/mol. The SMILES string of the molecule is C=CCN(N=Cc1ccccc1N(CC)CC)c1ccccc1. The molecule has 0 unspecified atom stereocenters. The Bertz CT molecular complexity index is 630. The van der Waals surface area contributed by atoms with E-state index in [0.717, 1.165) is 24.3 Å². The number of para-hydroxylation sites is 2. The van der Waals surface area contributed by atoms with Crippen LogP contribution in [0.3, 0.4) is 0 Å². The fraction of sp³-hybridized carbons (Fsp3) is 0.250. The summed E-state index contributed by atoms with van der Waals surface area (Å²) in [6.07, 6.45) is 3.80. The molecule has 0 radical (unpaired) electrons. The molecule has 120 valence electrons. The molecule has 0 bridgehead atoms. The van der Waals surface area contributed by atoms with Gasteiger partial charge in [-0.25, -0.2) is 0 Å². The second-order valence-corrected chi connectivity index (χ2v) is 5.18. The summed E-state index contributed by atoms with van der Waals surface area (Å²) >= 11 is 0. The number of benzene rings is 2. The third kappa shape index (κ3) is 4.46. The van der Waals surface area contributed by atoms with Crippen molar-refractivity contribution in [2.75, 3.05) is 29.5 Å². The van der Waals surface area contributed by atoms with Gasteiger partial charge in [0.25, 0.3) is 0 Å². The number of hydrazone groups is 1. The van der Waals surface area contributed by atoms with Gasteiger partial charge in [-0.2, -0.15) is 5.10 Å². The quantitative estimate of drug-likeness (QED) is 0.404. The Morgan fingerprint density at radius 2 is 1.61 bits per heavy atom. The topological polar surface area (TPSA) is 18.8 Å². The van der Waals surface area contributed by atoms with Gasteiger partial charge in [-0.1, -0.05) is 42.5 Å². The smallest absolute Gasteiger partial charge is 0.0597 e. The highest BCUT2D eigenvalue weighted by atomic mass is 15.4. The fourth-order valence-corrected chi connectivity index (χ4v) is 2.52. The fourth-order valence-electron chi connectivity index (χ4n) is 2.52. The van der Waals surface area contributed by atoms with Crippen molar-refractivity contribution in [1.29, 1.82) is 0 Å². The van der Waals surface area contributed by atoms with Crippen LogP contribution < -0.4 is 9.91 Å². The normalized spacial score (nSPS) is 10.7. The molecule has 0 amide bonds. The van der Waals surface area contributed by atoms with Crippen molar-refractivity contribution in [2.45, 2.75) is 13.8 Å². The summed E-state index contributed by atoms with van der Waals surface area (Å²) in [4.78, 5) is 2.34. The summed E-state index contributed by atoms with van der Waals surface area (Å²) in [5, 5.41) is 6.63. The zero-order valence-corrected chi connectivity index (χ0v) is 14.0. The Kier molecular flexibility index (Phi) is 6.42. The Balaban J connectivity index is 2.29. The van der Waals surface area contributed by atoms with Crippen molar-refractivity contribution in [2.24, 2.45) is 5.10 Å².